The van der Waals surface area contributed by atoms with Crippen LogP contribution in [-0.2, 0) is 41.6 Å². The highest BCUT2D eigenvalue weighted by atomic mass is 16.6. The molecule has 0 fully saturated rings. The fourth-order valence-electron chi connectivity index (χ4n) is 5.39. The lowest BCUT2D eigenvalue weighted by Crippen LogP contribution is -2.15. The summed E-state index contributed by atoms with van der Waals surface area (Å²) in [5.74, 6) is 3.93. The number of azo groups is 1. The smallest absolute Gasteiger partial charge is 0.123 e. The maximum Gasteiger partial charge on any atom is 0.123 e. The first kappa shape index (κ1) is 40.7. The molecule has 0 saturated heterocycles. The Balaban J connectivity index is 1.18. The highest BCUT2D eigenvalue weighted by Crippen LogP contribution is 2.28. The molecular formula is C42H50N2O12. The SMILES string of the molecule is c1cc2ccc1N=Nc1ccc(cc1)OCc1cc3cc(c1)OCCOCCOCCOCCOc1cc(cc(c1)OCCOCCOCCOCCO3)CO2. The van der Waals surface area contributed by atoms with Crippen LogP contribution in [0.25, 0.3) is 0 Å². The third kappa shape index (κ3) is 15.3. The van der Waals surface area contributed by atoms with Crippen molar-refractivity contribution in [1.82, 2.24) is 0 Å². The Morgan fingerprint density at radius 1 is 0.268 bits per heavy atom. The van der Waals surface area contributed by atoms with Gasteiger partial charge < -0.3 is 56.8 Å². The van der Waals surface area contributed by atoms with E-state index < -0.39 is 0 Å². The fourth-order valence-corrected chi connectivity index (χ4v) is 5.39. The molecule has 300 valence electrons. The van der Waals surface area contributed by atoms with Crippen LogP contribution in [0.4, 0.5) is 11.4 Å². The minimum absolute atomic E-state index is 0.296. The molecule has 0 saturated carbocycles. The van der Waals surface area contributed by atoms with Gasteiger partial charge in [0.25, 0.3) is 0 Å². The van der Waals surface area contributed by atoms with Crippen LogP contribution in [0.3, 0.4) is 0 Å². The maximum absolute atomic E-state index is 6.11. The summed E-state index contributed by atoms with van der Waals surface area (Å²) in [6.07, 6.45) is 0. The van der Waals surface area contributed by atoms with Gasteiger partial charge in [0.1, 0.15) is 74.1 Å². The second-order valence-electron chi connectivity index (χ2n) is 12.5. The lowest BCUT2D eigenvalue weighted by Gasteiger charge is -2.14. The van der Waals surface area contributed by atoms with Gasteiger partial charge in [-0.2, -0.15) is 10.2 Å². The van der Waals surface area contributed by atoms with Crippen molar-refractivity contribution in [2.45, 2.75) is 13.2 Å². The van der Waals surface area contributed by atoms with Gasteiger partial charge in [-0.05, 0) is 83.9 Å². The van der Waals surface area contributed by atoms with Crippen LogP contribution in [-0.4, -0.2) is 106 Å². The van der Waals surface area contributed by atoms with Crippen LogP contribution >= 0.6 is 0 Å². The number of ether oxygens (including phenoxy) is 12. The van der Waals surface area contributed by atoms with Gasteiger partial charge in [-0.15, -0.1) is 0 Å². The minimum atomic E-state index is 0.296. The average Bonchev–Trinajstić information content (AvgIpc) is 3.22. The van der Waals surface area contributed by atoms with Crippen LogP contribution in [0.2, 0.25) is 0 Å². The first-order chi connectivity index (χ1) is 27.7. The van der Waals surface area contributed by atoms with Crippen molar-refractivity contribution >= 4 is 11.4 Å². The van der Waals surface area contributed by atoms with Gasteiger partial charge in [-0.1, -0.05) is 0 Å². The van der Waals surface area contributed by atoms with Gasteiger partial charge in [-0.25, -0.2) is 0 Å². The first-order valence-electron chi connectivity index (χ1n) is 18.9. The minimum Gasteiger partial charge on any atom is -0.491 e. The zero-order valence-corrected chi connectivity index (χ0v) is 31.6. The molecule has 0 aromatic heterocycles. The van der Waals surface area contributed by atoms with Crippen molar-refractivity contribution < 1.29 is 56.8 Å². The molecule has 10 bridgehead atoms. The molecule has 0 spiro atoms. The fraction of sp³-hybridized carbons (Fsp3) is 0.429. The Labute approximate surface area is 327 Å². The molecule has 14 heteroatoms. The zero-order chi connectivity index (χ0) is 38.3. The predicted molar refractivity (Wildman–Crippen MR) is 206 cm³/mol. The van der Waals surface area contributed by atoms with Gasteiger partial charge >= 0.3 is 0 Å². The van der Waals surface area contributed by atoms with E-state index in [1.54, 1.807) is 0 Å². The average molecular weight is 775 g/mol. The van der Waals surface area contributed by atoms with Gasteiger partial charge in [-0.3, -0.25) is 0 Å². The monoisotopic (exact) mass is 774 g/mol. The maximum atomic E-state index is 6.11. The highest BCUT2D eigenvalue weighted by Gasteiger charge is 2.09. The van der Waals surface area contributed by atoms with Crippen molar-refractivity contribution in [1.29, 1.82) is 0 Å². The first-order valence-corrected chi connectivity index (χ1v) is 18.9. The Bertz CT molecular complexity index is 1550. The van der Waals surface area contributed by atoms with E-state index in [1.165, 1.54) is 0 Å². The molecule has 7 heterocycles. The molecule has 4 aromatic rings. The Morgan fingerprint density at radius 2 is 0.536 bits per heavy atom. The van der Waals surface area contributed by atoms with E-state index in [0.717, 1.165) is 11.1 Å². The van der Waals surface area contributed by atoms with E-state index in [-0.39, 0.29) is 0 Å². The van der Waals surface area contributed by atoms with Crippen molar-refractivity contribution in [3.05, 3.63) is 96.1 Å². The summed E-state index contributed by atoms with van der Waals surface area (Å²) in [6.45, 7) is 7.07. The Kier molecular flexibility index (Phi) is 17.3. The van der Waals surface area contributed by atoms with Crippen LogP contribution < -0.4 is 28.4 Å². The van der Waals surface area contributed by atoms with E-state index >= 15 is 0 Å². The second kappa shape index (κ2) is 23.8. The Morgan fingerprint density at radius 3 is 0.821 bits per heavy atom. The lowest BCUT2D eigenvalue weighted by molar-refractivity contribution is 0.00432. The third-order valence-electron chi connectivity index (χ3n) is 8.12. The second-order valence-corrected chi connectivity index (χ2v) is 12.5. The molecule has 0 N–H and O–H groups in total. The van der Waals surface area contributed by atoms with Crippen molar-refractivity contribution in [3.63, 3.8) is 0 Å². The number of rotatable bonds is 0. The topological polar surface area (TPSA) is 135 Å². The molecule has 11 rings (SSSR count). The van der Waals surface area contributed by atoms with Crippen LogP contribution in [0.5, 0.6) is 34.5 Å². The van der Waals surface area contributed by atoms with Gasteiger partial charge in [0.05, 0.1) is 90.7 Å². The normalized spacial score (nSPS) is 17.8. The molecular weight excluding hydrogens is 724 g/mol. The molecule has 4 aromatic carbocycles. The summed E-state index contributed by atoms with van der Waals surface area (Å²) in [6, 6.07) is 26.2. The highest BCUT2D eigenvalue weighted by molar-refractivity contribution is 5.45. The molecule has 56 heavy (non-hydrogen) atoms. The molecule has 0 unspecified atom stereocenters. The molecule has 0 radical (unpaired) electrons. The molecule has 14 nitrogen and oxygen atoms in total. The van der Waals surface area contributed by atoms with E-state index in [9.17, 15) is 0 Å². The summed E-state index contributed by atoms with van der Waals surface area (Å²) in [7, 11) is 0. The molecule has 0 aliphatic carbocycles. The number of nitrogens with zero attached hydrogens (tertiary/aromatic N) is 2. The van der Waals surface area contributed by atoms with E-state index in [2.05, 4.69) is 10.2 Å². The predicted octanol–water partition coefficient (Wildman–Crippen LogP) is 6.90. The van der Waals surface area contributed by atoms with Crippen LogP contribution in [0, 0.1) is 0 Å². The Hall–Kier alpha value is -4.96. The molecule has 7 aliphatic rings. The van der Waals surface area contributed by atoms with Gasteiger partial charge in [0, 0.05) is 12.1 Å². The standard InChI is InChI=1S/C42H50N2O12/c1-5-37-6-2-35(1)43-44-36-3-7-38(8-4-36)56-32-34-27-41-30-42(28-34)54-24-20-50-16-12-46-10-14-48-18-22-52-40-26-33(31-55-37)25-39(29-40)51-21-17-47-13-9-45-11-15-49-19-23-53-41/h1-8,25-30H,9-24,31-32H2. The van der Waals surface area contributed by atoms with Gasteiger partial charge in [0.2, 0.25) is 0 Å². The number of hydrogen-bond donors (Lipinski definition) is 0. The van der Waals surface area contributed by atoms with Crippen LogP contribution in [0.15, 0.2) is 95.2 Å². The molecule has 0 amide bonds. The molecule has 7 aliphatic heterocycles. The summed E-state index contributed by atoms with van der Waals surface area (Å²) in [5, 5.41) is 8.78. The van der Waals surface area contributed by atoms with Crippen molar-refractivity contribution in [2.75, 3.05) is 106 Å². The van der Waals surface area contributed by atoms with E-state index in [4.69, 9.17) is 56.8 Å². The zero-order valence-electron chi connectivity index (χ0n) is 31.6. The summed E-state index contributed by atoms with van der Waals surface area (Å²) in [4.78, 5) is 0. The number of benzene rings is 4. The van der Waals surface area contributed by atoms with Crippen molar-refractivity contribution in [2.24, 2.45) is 10.2 Å². The number of hydrogen-bond acceptors (Lipinski definition) is 14. The summed E-state index contributed by atoms with van der Waals surface area (Å²) >= 11 is 0. The summed E-state index contributed by atoms with van der Waals surface area (Å²) < 4.78 is 70.5. The van der Waals surface area contributed by atoms with Gasteiger partial charge in [0.15, 0.2) is 0 Å². The third-order valence-corrected chi connectivity index (χ3v) is 8.12. The summed E-state index contributed by atoms with van der Waals surface area (Å²) in [5.41, 5.74) is 3.13. The molecule has 0 atom stereocenters. The quantitative estimate of drug-likeness (QED) is 0.184. The van der Waals surface area contributed by atoms with E-state index in [0.29, 0.717) is 165 Å². The largest absolute Gasteiger partial charge is 0.491 e. The lowest BCUT2D eigenvalue weighted by atomic mass is 10.2. The van der Waals surface area contributed by atoms with Crippen molar-refractivity contribution in [3.8, 4) is 34.5 Å². The van der Waals surface area contributed by atoms with E-state index in [1.807, 2.05) is 84.9 Å². The van der Waals surface area contributed by atoms with Crippen LogP contribution in [0.1, 0.15) is 11.1 Å².